The molecule has 0 N–H and O–H groups in total. The Hall–Kier alpha value is -3.77. The maximum atomic E-state index is 13.8. The molecule has 1 spiro atoms. The average molecular weight is 410 g/mol. The van der Waals surface area contributed by atoms with E-state index in [-0.39, 0.29) is 5.91 Å². The van der Waals surface area contributed by atoms with Crippen LogP contribution in [0.4, 0.5) is 0 Å². The first kappa shape index (κ1) is 18.0. The summed E-state index contributed by atoms with van der Waals surface area (Å²) in [4.78, 5) is 32.7. The third-order valence-corrected chi connectivity index (χ3v) is 6.54. The number of likely N-dealkylation sites (N-methyl/N-ethyl adjacent to an activating group) is 1. The number of ether oxygens (including phenoxy) is 2. The third-order valence-electron chi connectivity index (χ3n) is 6.54. The lowest BCUT2D eigenvalue weighted by molar-refractivity contribution is -0.411. The highest BCUT2D eigenvalue weighted by Crippen LogP contribution is 2.71. The topological polar surface area (TPSA) is 68.2 Å². The van der Waals surface area contributed by atoms with E-state index in [0.717, 1.165) is 16.0 Å². The zero-order chi connectivity index (χ0) is 21.3. The van der Waals surface area contributed by atoms with Crippen molar-refractivity contribution in [2.24, 2.45) is 4.99 Å². The number of imide groups is 1. The van der Waals surface area contributed by atoms with Gasteiger partial charge in [0, 0.05) is 23.7 Å². The quantitative estimate of drug-likeness (QED) is 0.608. The van der Waals surface area contributed by atoms with E-state index in [0.29, 0.717) is 11.1 Å². The predicted molar refractivity (Wildman–Crippen MR) is 112 cm³/mol. The first-order chi connectivity index (χ1) is 15.1. The molecule has 6 nitrogen and oxygen atoms in total. The predicted octanol–water partition coefficient (Wildman–Crippen LogP) is 3.33. The molecule has 0 aliphatic carbocycles. The highest BCUT2D eigenvalue weighted by Gasteiger charge is 2.86. The summed E-state index contributed by atoms with van der Waals surface area (Å²) in [7, 11) is 1.48. The summed E-state index contributed by atoms with van der Waals surface area (Å²) in [6.07, 6.45) is 1.36. The van der Waals surface area contributed by atoms with E-state index < -0.39 is 22.8 Å². The largest absolute Gasteiger partial charge is 0.445 e. The molecule has 31 heavy (non-hydrogen) atoms. The summed E-state index contributed by atoms with van der Waals surface area (Å²) < 4.78 is 12.7. The number of nitrogens with zero attached hydrogens (tertiary/aromatic N) is 2. The summed E-state index contributed by atoms with van der Waals surface area (Å²) in [6.45, 7) is 0. The maximum absolute atomic E-state index is 13.8. The molecule has 0 radical (unpaired) electrons. The highest BCUT2D eigenvalue weighted by molar-refractivity contribution is 6.13. The van der Waals surface area contributed by atoms with E-state index in [1.165, 1.54) is 13.4 Å². The first-order valence-electron chi connectivity index (χ1n) is 10.0. The van der Waals surface area contributed by atoms with Crippen molar-refractivity contribution in [1.82, 2.24) is 4.90 Å². The summed E-state index contributed by atoms with van der Waals surface area (Å²) in [5, 5.41) is 0. The molecule has 3 atom stereocenters. The minimum atomic E-state index is -1.55. The van der Waals surface area contributed by atoms with Gasteiger partial charge in [0.05, 0.1) is 0 Å². The molecule has 152 valence electrons. The van der Waals surface area contributed by atoms with Crippen molar-refractivity contribution < 1.29 is 19.1 Å². The Bertz CT molecular complexity index is 1260. The second-order valence-electron chi connectivity index (χ2n) is 7.91. The normalized spacial score (nSPS) is 30.5. The number of fused-ring (bicyclic) bond motifs is 4. The number of carbonyl (C=O) groups is 2. The molecule has 0 unspecified atom stereocenters. The number of carbonyl (C=O) groups excluding carboxylic acids is 2. The molecule has 1 saturated heterocycles. The van der Waals surface area contributed by atoms with Crippen LogP contribution in [-0.2, 0) is 31.2 Å². The Kier molecular flexibility index (Phi) is 3.43. The van der Waals surface area contributed by atoms with Crippen LogP contribution in [0.1, 0.15) is 27.0 Å². The van der Waals surface area contributed by atoms with Crippen molar-refractivity contribution in [3.63, 3.8) is 0 Å². The molecule has 3 aliphatic heterocycles. The van der Waals surface area contributed by atoms with Crippen LogP contribution >= 0.6 is 0 Å². The van der Waals surface area contributed by atoms with Gasteiger partial charge in [-0.25, -0.2) is 4.99 Å². The van der Waals surface area contributed by atoms with Crippen molar-refractivity contribution >= 4 is 18.2 Å². The molecule has 0 saturated carbocycles. The highest BCUT2D eigenvalue weighted by atomic mass is 16.7. The Morgan fingerprint density at radius 3 is 2.13 bits per heavy atom. The molecular weight excluding hydrogens is 392 g/mol. The first-order valence-corrected chi connectivity index (χ1v) is 10.0. The summed E-state index contributed by atoms with van der Waals surface area (Å²) >= 11 is 0. The van der Waals surface area contributed by atoms with E-state index in [1.807, 2.05) is 60.7 Å². The van der Waals surface area contributed by atoms with E-state index in [9.17, 15) is 9.59 Å². The fourth-order valence-corrected chi connectivity index (χ4v) is 5.20. The smallest absolute Gasteiger partial charge is 0.273 e. The third kappa shape index (κ3) is 1.85. The molecule has 0 aromatic heterocycles. The lowest BCUT2D eigenvalue weighted by Crippen LogP contribution is -2.79. The van der Waals surface area contributed by atoms with Gasteiger partial charge in [0.15, 0.2) is 6.40 Å². The summed E-state index contributed by atoms with van der Waals surface area (Å²) in [5.41, 5.74) is -0.359. The molecule has 0 bridgehead atoms. The minimum Gasteiger partial charge on any atom is -0.445 e. The monoisotopic (exact) mass is 410 g/mol. The Morgan fingerprint density at radius 1 is 0.806 bits per heavy atom. The van der Waals surface area contributed by atoms with Crippen LogP contribution in [0.2, 0.25) is 0 Å². The fourth-order valence-electron chi connectivity index (χ4n) is 5.20. The van der Waals surface area contributed by atoms with Crippen molar-refractivity contribution in [2.75, 3.05) is 7.05 Å². The van der Waals surface area contributed by atoms with E-state index in [4.69, 9.17) is 14.5 Å². The van der Waals surface area contributed by atoms with Crippen LogP contribution in [0.25, 0.3) is 0 Å². The number of hydrogen-bond acceptors (Lipinski definition) is 5. The van der Waals surface area contributed by atoms with E-state index >= 15 is 0 Å². The fraction of sp³-hybridized carbons (Fsp3) is 0.160. The van der Waals surface area contributed by atoms with Gasteiger partial charge < -0.3 is 9.47 Å². The number of amides is 2. The molecule has 6 heteroatoms. The number of rotatable bonds is 2. The van der Waals surface area contributed by atoms with Crippen molar-refractivity contribution in [2.45, 2.75) is 16.9 Å². The number of aliphatic imine (C=N–C) groups is 1. The van der Waals surface area contributed by atoms with Gasteiger partial charge in [-0.2, -0.15) is 0 Å². The summed E-state index contributed by atoms with van der Waals surface area (Å²) in [5.74, 6) is -2.16. The van der Waals surface area contributed by atoms with Gasteiger partial charge in [0.1, 0.15) is 0 Å². The van der Waals surface area contributed by atoms with Crippen LogP contribution in [0.15, 0.2) is 89.9 Å². The minimum absolute atomic E-state index is 0.363. The van der Waals surface area contributed by atoms with Crippen LogP contribution in [-0.4, -0.2) is 30.2 Å². The SMILES string of the molecule is CN1C(=O)c2ccccc2[C@@]2(O[C@]3(c4ccccc4)OC=N[C@]32c2ccccc2)C1=O. The molecule has 3 aromatic rings. The van der Waals surface area contributed by atoms with E-state index in [2.05, 4.69) is 0 Å². The molecule has 3 aromatic carbocycles. The van der Waals surface area contributed by atoms with Gasteiger partial charge in [0.2, 0.25) is 11.1 Å². The van der Waals surface area contributed by atoms with Crippen molar-refractivity contribution in [3.8, 4) is 0 Å². The van der Waals surface area contributed by atoms with Crippen LogP contribution < -0.4 is 0 Å². The van der Waals surface area contributed by atoms with Crippen molar-refractivity contribution in [1.29, 1.82) is 0 Å². The summed E-state index contributed by atoms with van der Waals surface area (Å²) in [6, 6.07) is 26.1. The lowest BCUT2D eigenvalue weighted by Gasteiger charge is -2.64. The zero-order valence-electron chi connectivity index (χ0n) is 16.7. The standard InChI is InChI=1S/C25H18N2O4/c1-27-21(28)19-14-8-9-15-20(19)23(22(27)29)24(17-10-4-2-5-11-17)25(31-23,30-16-26-24)18-12-6-3-7-13-18/h2-16H,1H3/t23-,24+,25+/m1/s1. The maximum Gasteiger partial charge on any atom is 0.273 e. The van der Waals surface area contributed by atoms with Gasteiger partial charge in [-0.1, -0.05) is 78.9 Å². The van der Waals surface area contributed by atoms with Gasteiger partial charge >= 0.3 is 0 Å². The zero-order valence-corrected chi connectivity index (χ0v) is 16.7. The van der Waals surface area contributed by atoms with Gasteiger partial charge in [-0.3, -0.25) is 14.5 Å². The molecule has 3 heterocycles. The molecule has 6 rings (SSSR count). The van der Waals surface area contributed by atoms with Gasteiger partial charge in [-0.15, -0.1) is 0 Å². The number of benzene rings is 3. The molecular formula is C25H18N2O4. The Labute approximate surface area is 178 Å². The van der Waals surface area contributed by atoms with Crippen molar-refractivity contribution in [3.05, 3.63) is 107 Å². The second kappa shape index (κ2) is 5.89. The van der Waals surface area contributed by atoms with Gasteiger partial charge in [0.25, 0.3) is 17.6 Å². The second-order valence-corrected chi connectivity index (χ2v) is 7.91. The van der Waals surface area contributed by atoms with E-state index in [1.54, 1.807) is 24.3 Å². The van der Waals surface area contributed by atoms with Crippen LogP contribution in [0.3, 0.4) is 0 Å². The van der Waals surface area contributed by atoms with Crippen LogP contribution in [0.5, 0.6) is 0 Å². The molecule has 3 aliphatic rings. The number of hydrogen-bond donors (Lipinski definition) is 0. The van der Waals surface area contributed by atoms with Crippen LogP contribution in [0, 0.1) is 0 Å². The van der Waals surface area contributed by atoms with Gasteiger partial charge in [-0.05, 0) is 11.6 Å². The Morgan fingerprint density at radius 2 is 1.42 bits per heavy atom. The molecule has 1 fully saturated rings. The average Bonchev–Trinajstić information content (AvgIpc) is 3.14. The lowest BCUT2D eigenvalue weighted by atomic mass is 9.57. The Balaban J connectivity index is 1.72. The molecule has 2 amide bonds.